The Morgan fingerprint density at radius 3 is 2.38 bits per heavy atom. The minimum absolute atomic E-state index is 0.136. The minimum Gasteiger partial charge on any atom is -0.321 e. The van der Waals surface area contributed by atoms with Crippen LogP contribution in [-0.2, 0) is 4.79 Å². The Labute approximate surface area is 121 Å². The van der Waals surface area contributed by atoms with E-state index in [0.717, 1.165) is 0 Å². The van der Waals surface area contributed by atoms with Gasteiger partial charge in [-0.1, -0.05) is 48.5 Å². The maximum atomic E-state index is 12.5. The van der Waals surface area contributed by atoms with Crippen LogP contribution in [-0.4, -0.2) is 11.7 Å². The van der Waals surface area contributed by atoms with Gasteiger partial charge < -0.3 is 5.32 Å². The van der Waals surface area contributed by atoms with Crippen molar-refractivity contribution in [1.29, 1.82) is 5.26 Å². The molecule has 0 radical (unpaired) electrons. The van der Waals surface area contributed by atoms with Crippen LogP contribution >= 0.6 is 0 Å². The summed E-state index contributed by atoms with van der Waals surface area (Å²) in [7, 11) is 0. The quantitative estimate of drug-likeness (QED) is 0.520. The summed E-state index contributed by atoms with van der Waals surface area (Å²) in [5.41, 5.74) is 1.60. The highest BCUT2D eigenvalue weighted by molar-refractivity contribution is 6.37. The highest BCUT2D eigenvalue weighted by Gasteiger charge is 2.30. The molecule has 0 spiro atoms. The van der Waals surface area contributed by atoms with Crippen LogP contribution < -0.4 is 5.32 Å². The highest BCUT2D eigenvalue weighted by Crippen LogP contribution is 2.34. The van der Waals surface area contributed by atoms with Gasteiger partial charge in [0.25, 0.3) is 5.91 Å². The average Bonchev–Trinajstić information content (AvgIpc) is 2.85. The Morgan fingerprint density at radius 1 is 1.00 bits per heavy atom. The van der Waals surface area contributed by atoms with Crippen LogP contribution in [0.2, 0.25) is 0 Å². The number of hydrogen-bond donors (Lipinski definition) is 1. The molecule has 0 unspecified atom stereocenters. The second kappa shape index (κ2) is 5.06. The molecule has 1 heterocycles. The second-order valence-electron chi connectivity index (χ2n) is 4.56. The number of carbonyl (C=O) groups is 2. The molecular formula is C17H10N2O2. The first-order valence-corrected chi connectivity index (χ1v) is 6.37. The number of para-hydroxylation sites is 1. The van der Waals surface area contributed by atoms with Crippen LogP contribution in [0.15, 0.2) is 60.2 Å². The number of anilines is 1. The van der Waals surface area contributed by atoms with E-state index in [1.807, 2.05) is 6.07 Å². The standard InChI is InChI=1S/C17H10N2O2/c18-10-13(16(20)11-6-2-1-3-7-11)15-12-8-4-5-9-14(12)19-17(15)21/h1-9H,(H,19,21). The van der Waals surface area contributed by atoms with Crippen molar-refractivity contribution in [3.63, 3.8) is 0 Å². The maximum absolute atomic E-state index is 12.5. The molecule has 1 aliphatic heterocycles. The molecule has 0 saturated heterocycles. The number of amides is 1. The molecule has 1 amide bonds. The molecule has 2 aromatic carbocycles. The highest BCUT2D eigenvalue weighted by atomic mass is 16.2. The normalized spacial score (nSPS) is 14.9. The summed E-state index contributed by atoms with van der Waals surface area (Å²) in [5.74, 6) is -0.864. The van der Waals surface area contributed by atoms with Crippen molar-refractivity contribution in [2.24, 2.45) is 0 Å². The van der Waals surface area contributed by atoms with Gasteiger partial charge in [0.15, 0.2) is 0 Å². The van der Waals surface area contributed by atoms with Gasteiger partial charge in [0.05, 0.1) is 5.57 Å². The third kappa shape index (κ3) is 2.11. The van der Waals surface area contributed by atoms with Crippen molar-refractivity contribution >= 4 is 23.0 Å². The van der Waals surface area contributed by atoms with Crippen LogP contribution in [0, 0.1) is 11.3 Å². The van der Waals surface area contributed by atoms with Gasteiger partial charge in [0.2, 0.25) is 5.78 Å². The molecule has 0 atom stereocenters. The summed E-state index contributed by atoms with van der Waals surface area (Å²) in [4.78, 5) is 24.6. The van der Waals surface area contributed by atoms with Gasteiger partial charge in [-0.2, -0.15) is 5.26 Å². The zero-order valence-electron chi connectivity index (χ0n) is 11.0. The molecule has 2 aromatic rings. The number of allylic oxidation sites excluding steroid dienone is 1. The van der Waals surface area contributed by atoms with Crippen molar-refractivity contribution < 1.29 is 9.59 Å². The zero-order chi connectivity index (χ0) is 14.8. The first-order valence-electron chi connectivity index (χ1n) is 6.37. The lowest BCUT2D eigenvalue weighted by atomic mass is 9.95. The number of carbonyl (C=O) groups excluding carboxylic acids is 2. The van der Waals surface area contributed by atoms with Crippen molar-refractivity contribution in [3.05, 3.63) is 71.3 Å². The second-order valence-corrected chi connectivity index (χ2v) is 4.56. The Kier molecular flexibility index (Phi) is 3.09. The lowest BCUT2D eigenvalue weighted by molar-refractivity contribution is -0.110. The first kappa shape index (κ1) is 12.8. The largest absolute Gasteiger partial charge is 0.321 e. The molecule has 4 heteroatoms. The van der Waals surface area contributed by atoms with Crippen molar-refractivity contribution in [1.82, 2.24) is 0 Å². The summed E-state index contributed by atoms with van der Waals surface area (Å²) in [6.07, 6.45) is 0. The number of nitrogens with zero attached hydrogens (tertiary/aromatic N) is 1. The number of nitriles is 1. The van der Waals surface area contributed by atoms with Crippen molar-refractivity contribution in [2.45, 2.75) is 0 Å². The van der Waals surface area contributed by atoms with Crippen LogP contribution in [0.4, 0.5) is 5.69 Å². The molecule has 1 aliphatic rings. The molecular weight excluding hydrogens is 264 g/mol. The molecule has 0 saturated carbocycles. The van der Waals surface area contributed by atoms with Gasteiger partial charge in [0, 0.05) is 16.8 Å². The number of fused-ring (bicyclic) bond motifs is 1. The molecule has 0 fully saturated rings. The third-order valence-corrected chi connectivity index (χ3v) is 3.30. The SMILES string of the molecule is N#CC(C(=O)c1ccccc1)=C1C(=O)Nc2ccccc21. The molecule has 1 N–H and O–H groups in total. The Bertz CT molecular complexity index is 814. The van der Waals surface area contributed by atoms with Crippen molar-refractivity contribution in [2.75, 3.05) is 5.32 Å². The van der Waals surface area contributed by atoms with Gasteiger partial charge in [0.1, 0.15) is 11.6 Å². The van der Waals surface area contributed by atoms with Crippen molar-refractivity contribution in [3.8, 4) is 6.07 Å². The molecule has 100 valence electrons. The molecule has 21 heavy (non-hydrogen) atoms. The van der Waals surface area contributed by atoms with Gasteiger partial charge >= 0.3 is 0 Å². The van der Waals surface area contributed by atoms with E-state index >= 15 is 0 Å². The van der Waals surface area contributed by atoms with Gasteiger partial charge in [-0.25, -0.2) is 0 Å². The monoisotopic (exact) mass is 274 g/mol. The van der Waals surface area contributed by atoms with E-state index in [1.165, 1.54) is 0 Å². The van der Waals surface area contributed by atoms with Gasteiger partial charge in [-0.15, -0.1) is 0 Å². The van der Waals surface area contributed by atoms with E-state index in [0.29, 0.717) is 16.8 Å². The maximum Gasteiger partial charge on any atom is 0.257 e. The summed E-state index contributed by atoms with van der Waals surface area (Å²) in [5, 5.41) is 12.0. The number of ketones is 1. The van der Waals surface area contributed by atoms with E-state index in [1.54, 1.807) is 54.6 Å². The van der Waals surface area contributed by atoms with E-state index < -0.39 is 11.7 Å². The molecule has 0 bridgehead atoms. The summed E-state index contributed by atoms with van der Waals surface area (Å²) in [6, 6.07) is 17.4. The van der Waals surface area contributed by atoms with Crippen LogP contribution in [0.3, 0.4) is 0 Å². The molecule has 0 aromatic heterocycles. The number of hydrogen-bond acceptors (Lipinski definition) is 3. The fourth-order valence-electron chi connectivity index (χ4n) is 2.32. The fourth-order valence-corrected chi connectivity index (χ4v) is 2.32. The predicted molar refractivity (Wildman–Crippen MR) is 78.4 cm³/mol. The number of benzene rings is 2. The summed E-state index contributed by atoms with van der Waals surface area (Å²) < 4.78 is 0. The van der Waals surface area contributed by atoms with E-state index in [-0.39, 0.29) is 11.1 Å². The minimum atomic E-state index is -0.444. The van der Waals surface area contributed by atoms with E-state index in [2.05, 4.69) is 5.32 Å². The summed E-state index contributed by atoms with van der Waals surface area (Å²) in [6.45, 7) is 0. The lowest BCUT2D eigenvalue weighted by Crippen LogP contribution is -2.11. The van der Waals surface area contributed by atoms with Crippen LogP contribution in [0.5, 0.6) is 0 Å². The first-order chi connectivity index (χ1) is 10.2. The lowest BCUT2D eigenvalue weighted by Gasteiger charge is -2.03. The Morgan fingerprint density at radius 2 is 1.67 bits per heavy atom. The Balaban J connectivity index is 2.18. The topological polar surface area (TPSA) is 70.0 Å². The number of rotatable bonds is 2. The Hall–Kier alpha value is -3.19. The molecule has 4 nitrogen and oxygen atoms in total. The third-order valence-electron chi connectivity index (χ3n) is 3.30. The zero-order valence-corrected chi connectivity index (χ0v) is 11.0. The number of nitrogens with one attached hydrogen (secondary N) is 1. The summed E-state index contributed by atoms with van der Waals surface area (Å²) >= 11 is 0. The smallest absolute Gasteiger partial charge is 0.257 e. The molecule has 0 aliphatic carbocycles. The van der Waals surface area contributed by atoms with Gasteiger partial charge in [-0.3, -0.25) is 9.59 Å². The van der Waals surface area contributed by atoms with E-state index in [9.17, 15) is 14.9 Å². The van der Waals surface area contributed by atoms with Gasteiger partial charge in [-0.05, 0) is 6.07 Å². The predicted octanol–water partition coefficient (Wildman–Crippen LogP) is 2.80. The van der Waals surface area contributed by atoms with Crippen LogP contribution in [0.25, 0.3) is 5.57 Å². The number of Topliss-reactive ketones (excluding diaryl/α,β-unsaturated/α-hetero) is 1. The average molecular weight is 274 g/mol. The van der Waals surface area contributed by atoms with E-state index in [4.69, 9.17) is 0 Å². The fraction of sp³-hybridized carbons (Fsp3) is 0. The molecule has 3 rings (SSSR count). The van der Waals surface area contributed by atoms with Crippen LogP contribution in [0.1, 0.15) is 15.9 Å².